The molecule has 0 atom stereocenters. The van der Waals surface area contributed by atoms with Crippen LogP contribution >= 0.6 is 0 Å². The van der Waals surface area contributed by atoms with Crippen LogP contribution in [0, 0.1) is 21.4 Å². The van der Waals surface area contributed by atoms with E-state index in [4.69, 9.17) is 5.26 Å². The lowest BCUT2D eigenvalue weighted by molar-refractivity contribution is -0.384. The number of anilines is 1. The number of nitro groups is 1. The molecule has 0 bridgehead atoms. The fourth-order valence-electron chi connectivity index (χ4n) is 2.21. The molecule has 0 spiro atoms. The van der Waals surface area contributed by atoms with Crippen molar-refractivity contribution in [2.75, 3.05) is 24.5 Å². The quantitative estimate of drug-likeness (QED) is 0.643. The molecular formula is C13H16N4O2. The van der Waals surface area contributed by atoms with Crippen molar-refractivity contribution in [2.24, 2.45) is 0 Å². The largest absolute Gasteiger partial charge is 0.360 e. The second-order valence-corrected chi connectivity index (χ2v) is 4.58. The molecule has 1 N–H and O–H groups in total. The van der Waals surface area contributed by atoms with Gasteiger partial charge in [0.1, 0.15) is 5.69 Å². The molecule has 6 nitrogen and oxygen atoms in total. The Labute approximate surface area is 111 Å². The summed E-state index contributed by atoms with van der Waals surface area (Å²) in [6, 6.07) is 6.84. The summed E-state index contributed by atoms with van der Waals surface area (Å²) < 4.78 is 0. The van der Waals surface area contributed by atoms with Crippen LogP contribution in [0.25, 0.3) is 0 Å². The maximum Gasteiger partial charge on any atom is 0.292 e. The lowest BCUT2D eigenvalue weighted by Gasteiger charge is -2.39. The maximum atomic E-state index is 11.1. The van der Waals surface area contributed by atoms with Gasteiger partial charge in [-0.05, 0) is 18.6 Å². The molecule has 1 aromatic rings. The van der Waals surface area contributed by atoms with Crippen LogP contribution in [-0.2, 0) is 0 Å². The molecule has 19 heavy (non-hydrogen) atoms. The van der Waals surface area contributed by atoms with Crippen molar-refractivity contribution in [1.29, 1.82) is 5.26 Å². The van der Waals surface area contributed by atoms with Crippen LogP contribution < -0.4 is 10.2 Å². The summed E-state index contributed by atoms with van der Waals surface area (Å²) in [7, 11) is 0. The number of nitriles is 1. The summed E-state index contributed by atoms with van der Waals surface area (Å²) in [6.07, 6.45) is 0.907. The summed E-state index contributed by atoms with van der Waals surface area (Å²) in [5.41, 5.74) is 1.07. The van der Waals surface area contributed by atoms with Crippen molar-refractivity contribution in [1.82, 2.24) is 5.32 Å². The number of hydrogen-bond donors (Lipinski definition) is 1. The maximum absolute atomic E-state index is 11.1. The molecule has 2 rings (SSSR count). The molecular weight excluding hydrogens is 244 g/mol. The number of hydrogen-bond acceptors (Lipinski definition) is 5. The molecule has 0 saturated carbocycles. The highest BCUT2D eigenvalue weighted by Gasteiger charge is 2.29. The van der Waals surface area contributed by atoms with Crippen LogP contribution in [0.2, 0.25) is 0 Å². The fourth-order valence-corrected chi connectivity index (χ4v) is 2.21. The van der Waals surface area contributed by atoms with Crippen molar-refractivity contribution >= 4 is 11.4 Å². The Morgan fingerprint density at radius 3 is 2.79 bits per heavy atom. The molecule has 1 aromatic carbocycles. The second kappa shape index (κ2) is 5.67. The SMILES string of the molecule is CCCN(c1cc(C#N)ccc1[N+](=O)[O-])C1CNC1. The lowest BCUT2D eigenvalue weighted by Crippen LogP contribution is -2.57. The van der Waals surface area contributed by atoms with Crippen molar-refractivity contribution in [3.05, 3.63) is 33.9 Å². The molecule has 0 unspecified atom stereocenters. The molecule has 100 valence electrons. The highest BCUT2D eigenvalue weighted by molar-refractivity contribution is 5.66. The highest BCUT2D eigenvalue weighted by atomic mass is 16.6. The van der Waals surface area contributed by atoms with Gasteiger partial charge in [0.2, 0.25) is 0 Å². The van der Waals surface area contributed by atoms with E-state index in [1.807, 2.05) is 17.9 Å². The minimum absolute atomic E-state index is 0.0688. The topological polar surface area (TPSA) is 82.2 Å². The third-order valence-corrected chi connectivity index (χ3v) is 3.28. The van der Waals surface area contributed by atoms with Gasteiger partial charge in [-0.25, -0.2) is 0 Å². The summed E-state index contributed by atoms with van der Waals surface area (Å²) in [4.78, 5) is 12.8. The van der Waals surface area contributed by atoms with Crippen molar-refractivity contribution in [2.45, 2.75) is 19.4 Å². The summed E-state index contributed by atoms with van der Waals surface area (Å²) in [6.45, 7) is 4.45. The lowest BCUT2D eigenvalue weighted by atomic mass is 10.1. The highest BCUT2D eigenvalue weighted by Crippen LogP contribution is 2.31. The van der Waals surface area contributed by atoms with E-state index in [1.165, 1.54) is 12.1 Å². The Bertz CT molecular complexity index is 520. The first-order valence-corrected chi connectivity index (χ1v) is 6.33. The smallest absolute Gasteiger partial charge is 0.292 e. The van der Waals surface area contributed by atoms with E-state index in [9.17, 15) is 10.1 Å². The normalized spacial score (nSPS) is 14.5. The fraction of sp³-hybridized carbons (Fsp3) is 0.462. The summed E-state index contributed by atoms with van der Waals surface area (Å²) in [5.74, 6) is 0. The Morgan fingerprint density at radius 1 is 1.58 bits per heavy atom. The van der Waals surface area contributed by atoms with Gasteiger partial charge in [-0.2, -0.15) is 5.26 Å². The van der Waals surface area contributed by atoms with Crippen molar-refractivity contribution < 1.29 is 4.92 Å². The third-order valence-electron chi connectivity index (χ3n) is 3.28. The average molecular weight is 260 g/mol. The monoisotopic (exact) mass is 260 g/mol. The molecule has 6 heteroatoms. The molecule has 1 aliphatic rings. The van der Waals surface area contributed by atoms with E-state index < -0.39 is 0 Å². The standard InChI is InChI=1S/C13H16N4O2/c1-2-5-16(11-8-15-9-11)13-6-10(7-14)3-4-12(13)17(18)19/h3-4,6,11,15H,2,5,8-9H2,1H3. The van der Waals surface area contributed by atoms with Gasteiger partial charge in [0.05, 0.1) is 22.6 Å². The van der Waals surface area contributed by atoms with E-state index in [1.54, 1.807) is 6.07 Å². The predicted octanol–water partition coefficient (Wildman–Crippen LogP) is 1.65. The second-order valence-electron chi connectivity index (χ2n) is 4.58. The minimum atomic E-state index is -0.384. The van der Waals surface area contributed by atoms with E-state index in [2.05, 4.69) is 5.32 Å². The zero-order chi connectivity index (χ0) is 13.8. The van der Waals surface area contributed by atoms with Crippen LogP contribution in [0.3, 0.4) is 0 Å². The molecule has 1 aliphatic heterocycles. The predicted molar refractivity (Wildman–Crippen MR) is 72.1 cm³/mol. The minimum Gasteiger partial charge on any atom is -0.360 e. The van der Waals surface area contributed by atoms with Gasteiger partial charge < -0.3 is 10.2 Å². The van der Waals surface area contributed by atoms with Crippen LogP contribution in [0.5, 0.6) is 0 Å². The number of nitrogens with one attached hydrogen (secondary N) is 1. The number of rotatable bonds is 5. The Morgan fingerprint density at radius 2 is 2.32 bits per heavy atom. The number of nitro benzene ring substituents is 1. The van der Waals surface area contributed by atoms with E-state index >= 15 is 0 Å². The molecule has 1 heterocycles. The van der Waals surface area contributed by atoms with E-state index in [0.717, 1.165) is 26.1 Å². The Hall–Kier alpha value is -2.13. The average Bonchev–Trinajstić information content (AvgIpc) is 2.35. The van der Waals surface area contributed by atoms with E-state index in [0.29, 0.717) is 11.3 Å². The molecule has 1 saturated heterocycles. The molecule has 0 aromatic heterocycles. The van der Waals surface area contributed by atoms with Crippen LogP contribution in [0.1, 0.15) is 18.9 Å². The van der Waals surface area contributed by atoms with Gasteiger partial charge in [-0.1, -0.05) is 6.92 Å². The van der Waals surface area contributed by atoms with Gasteiger partial charge in [0, 0.05) is 25.7 Å². The first-order valence-electron chi connectivity index (χ1n) is 6.33. The van der Waals surface area contributed by atoms with Gasteiger partial charge in [0.25, 0.3) is 5.69 Å². The molecule has 0 aliphatic carbocycles. The summed E-state index contributed by atoms with van der Waals surface area (Å²) >= 11 is 0. The Balaban J connectivity index is 2.43. The van der Waals surface area contributed by atoms with Gasteiger partial charge in [-0.3, -0.25) is 10.1 Å². The van der Waals surface area contributed by atoms with Crippen molar-refractivity contribution in [3.63, 3.8) is 0 Å². The first-order chi connectivity index (χ1) is 9.17. The molecule has 0 amide bonds. The van der Waals surface area contributed by atoms with Crippen LogP contribution in [0.15, 0.2) is 18.2 Å². The number of nitrogens with zero attached hydrogens (tertiary/aromatic N) is 3. The van der Waals surface area contributed by atoms with Crippen molar-refractivity contribution in [3.8, 4) is 6.07 Å². The Kier molecular flexibility index (Phi) is 3.97. The van der Waals surface area contributed by atoms with E-state index in [-0.39, 0.29) is 16.7 Å². The zero-order valence-corrected chi connectivity index (χ0v) is 10.8. The molecule has 0 radical (unpaired) electrons. The first kappa shape index (κ1) is 13.3. The van der Waals surface area contributed by atoms with Crippen LogP contribution in [0.4, 0.5) is 11.4 Å². The van der Waals surface area contributed by atoms with Gasteiger partial charge in [0.15, 0.2) is 0 Å². The van der Waals surface area contributed by atoms with Gasteiger partial charge in [-0.15, -0.1) is 0 Å². The number of benzene rings is 1. The van der Waals surface area contributed by atoms with Crippen LogP contribution in [-0.4, -0.2) is 30.6 Å². The third kappa shape index (κ3) is 2.66. The summed E-state index contributed by atoms with van der Waals surface area (Å²) in [5, 5.41) is 23.3. The zero-order valence-electron chi connectivity index (χ0n) is 10.8. The van der Waals surface area contributed by atoms with Gasteiger partial charge >= 0.3 is 0 Å². The molecule has 1 fully saturated rings.